The molecule has 0 unspecified atom stereocenters. The predicted octanol–water partition coefficient (Wildman–Crippen LogP) is 3.99. The Hall–Kier alpha value is -1.96. The van der Waals surface area contributed by atoms with Crippen LogP contribution in [0.15, 0.2) is 35.2 Å². The lowest BCUT2D eigenvalue weighted by Crippen LogP contribution is -2.37. The van der Waals surface area contributed by atoms with Crippen LogP contribution in [0.25, 0.3) is 0 Å². The Labute approximate surface area is 168 Å². The summed E-state index contributed by atoms with van der Waals surface area (Å²) in [6.07, 6.45) is 0. The Balaban J connectivity index is 2.67. The van der Waals surface area contributed by atoms with Crippen LogP contribution < -0.4 is 9.04 Å². The van der Waals surface area contributed by atoms with Crippen LogP contribution in [0.3, 0.4) is 0 Å². The number of carbonyl (C=O) groups is 1. The molecule has 0 aromatic heterocycles. The van der Waals surface area contributed by atoms with Gasteiger partial charge >= 0.3 is 5.97 Å². The SMILES string of the molecule is COC(=O)CN(c1ccc(C)cc1C)S(=O)(=O)c1ccc(OC)c(Cl)c1Cl. The fourth-order valence-corrected chi connectivity index (χ4v) is 4.85. The topological polar surface area (TPSA) is 72.9 Å². The molecule has 0 bridgehead atoms. The van der Waals surface area contributed by atoms with E-state index in [1.807, 2.05) is 13.0 Å². The number of hydrogen-bond donors (Lipinski definition) is 0. The lowest BCUT2D eigenvalue weighted by molar-refractivity contribution is -0.138. The molecule has 0 atom stereocenters. The van der Waals surface area contributed by atoms with Crippen LogP contribution in [-0.4, -0.2) is 35.2 Å². The zero-order valence-electron chi connectivity index (χ0n) is 15.2. The Morgan fingerprint density at radius 3 is 2.30 bits per heavy atom. The summed E-state index contributed by atoms with van der Waals surface area (Å²) in [5.74, 6) is -0.471. The van der Waals surface area contributed by atoms with Crippen molar-refractivity contribution >= 4 is 44.9 Å². The molecule has 0 aliphatic heterocycles. The maximum atomic E-state index is 13.3. The Kier molecular flexibility index (Phi) is 6.62. The number of rotatable bonds is 6. The molecule has 2 aromatic carbocycles. The van der Waals surface area contributed by atoms with Crippen LogP contribution in [-0.2, 0) is 19.6 Å². The van der Waals surface area contributed by atoms with Gasteiger partial charge in [-0.25, -0.2) is 8.42 Å². The van der Waals surface area contributed by atoms with E-state index in [9.17, 15) is 13.2 Å². The maximum Gasteiger partial charge on any atom is 0.326 e. The fourth-order valence-electron chi connectivity index (χ4n) is 2.56. The normalized spacial score (nSPS) is 11.2. The number of anilines is 1. The summed E-state index contributed by atoms with van der Waals surface area (Å²) in [6.45, 7) is 3.13. The van der Waals surface area contributed by atoms with E-state index in [4.69, 9.17) is 27.9 Å². The zero-order valence-corrected chi connectivity index (χ0v) is 17.6. The first-order valence-corrected chi connectivity index (χ1v) is 10.0. The lowest BCUT2D eigenvalue weighted by atomic mass is 10.1. The quantitative estimate of drug-likeness (QED) is 0.646. The van der Waals surface area contributed by atoms with E-state index in [0.717, 1.165) is 9.87 Å². The van der Waals surface area contributed by atoms with Gasteiger partial charge in [0, 0.05) is 0 Å². The largest absolute Gasteiger partial charge is 0.495 e. The number of benzene rings is 2. The summed E-state index contributed by atoms with van der Waals surface area (Å²) in [5.41, 5.74) is 1.98. The first-order chi connectivity index (χ1) is 12.6. The molecule has 2 rings (SSSR count). The van der Waals surface area contributed by atoms with Gasteiger partial charge in [-0.1, -0.05) is 40.9 Å². The van der Waals surface area contributed by atoms with Gasteiger partial charge in [-0.2, -0.15) is 0 Å². The van der Waals surface area contributed by atoms with Crippen molar-refractivity contribution in [3.8, 4) is 5.75 Å². The Morgan fingerprint density at radius 1 is 1.07 bits per heavy atom. The molecule has 0 saturated heterocycles. The van der Waals surface area contributed by atoms with Crippen LogP contribution in [0.4, 0.5) is 5.69 Å². The van der Waals surface area contributed by atoms with Gasteiger partial charge < -0.3 is 9.47 Å². The molecular weight excluding hydrogens is 413 g/mol. The van der Waals surface area contributed by atoms with Crippen molar-refractivity contribution in [3.05, 3.63) is 51.5 Å². The monoisotopic (exact) mass is 431 g/mol. The minimum absolute atomic E-state index is 0.0288. The average molecular weight is 432 g/mol. The highest BCUT2D eigenvalue weighted by Crippen LogP contribution is 2.39. The summed E-state index contributed by atoms with van der Waals surface area (Å²) >= 11 is 12.3. The molecule has 9 heteroatoms. The molecular formula is C18H19Cl2NO5S. The number of esters is 1. The van der Waals surface area contributed by atoms with E-state index in [1.54, 1.807) is 19.1 Å². The Bertz CT molecular complexity index is 976. The standard InChI is InChI=1S/C18H19Cl2NO5S/c1-11-5-6-13(12(2)9-11)21(10-16(22)26-4)27(23,24)15-8-7-14(25-3)17(19)18(15)20/h5-9H,10H2,1-4H3. The molecule has 0 aliphatic carbocycles. The van der Waals surface area contributed by atoms with Crippen LogP contribution in [0, 0.1) is 13.8 Å². The molecule has 0 radical (unpaired) electrons. The van der Waals surface area contributed by atoms with Gasteiger partial charge in [0.1, 0.15) is 22.2 Å². The molecule has 6 nitrogen and oxygen atoms in total. The number of hydrogen-bond acceptors (Lipinski definition) is 5. The average Bonchev–Trinajstić information content (AvgIpc) is 2.62. The molecule has 0 heterocycles. The summed E-state index contributed by atoms with van der Waals surface area (Å²) < 4.78 is 37.3. The maximum absolute atomic E-state index is 13.3. The van der Waals surface area contributed by atoms with Gasteiger partial charge in [-0.3, -0.25) is 9.10 Å². The number of nitrogens with zero attached hydrogens (tertiary/aromatic N) is 1. The van der Waals surface area contributed by atoms with Crippen molar-refractivity contribution in [1.29, 1.82) is 0 Å². The minimum Gasteiger partial charge on any atom is -0.495 e. The second kappa shape index (κ2) is 8.37. The molecule has 0 aliphatic rings. The van der Waals surface area contributed by atoms with Gasteiger partial charge in [-0.15, -0.1) is 0 Å². The van der Waals surface area contributed by atoms with Gasteiger partial charge in [0.2, 0.25) is 0 Å². The van der Waals surface area contributed by atoms with E-state index in [1.165, 1.54) is 26.4 Å². The summed E-state index contributed by atoms with van der Waals surface area (Å²) in [7, 11) is -1.63. The molecule has 0 saturated carbocycles. The highest BCUT2D eigenvalue weighted by atomic mass is 35.5. The third-order valence-corrected chi connectivity index (χ3v) is 6.70. The first-order valence-electron chi connectivity index (χ1n) is 7.82. The molecule has 27 heavy (non-hydrogen) atoms. The number of carbonyl (C=O) groups excluding carboxylic acids is 1. The summed E-state index contributed by atoms with van der Waals surface area (Å²) in [4.78, 5) is 11.7. The summed E-state index contributed by atoms with van der Waals surface area (Å²) in [5, 5.41) is -0.213. The second-order valence-corrected chi connectivity index (χ2v) is 8.36. The first kappa shape index (κ1) is 21.3. The Morgan fingerprint density at radius 2 is 1.74 bits per heavy atom. The van der Waals surface area contributed by atoms with Crippen molar-refractivity contribution in [1.82, 2.24) is 0 Å². The number of halogens is 2. The van der Waals surface area contributed by atoms with Crippen molar-refractivity contribution < 1.29 is 22.7 Å². The van der Waals surface area contributed by atoms with Crippen LogP contribution in [0.1, 0.15) is 11.1 Å². The molecule has 146 valence electrons. The number of sulfonamides is 1. The van der Waals surface area contributed by atoms with Gasteiger partial charge in [-0.05, 0) is 37.6 Å². The van der Waals surface area contributed by atoms with E-state index in [-0.39, 0.29) is 20.7 Å². The zero-order chi connectivity index (χ0) is 20.4. The van der Waals surface area contributed by atoms with Gasteiger partial charge in [0.15, 0.2) is 0 Å². The van der Waals surface area contributed by atoms with Crippen molar-refractivity contribution in [2.24, 2.45) is 0 Å². The third kappa shape index (κ3) is 4.31. The molecule has 0 N–H and O–H groups in total. The highest BCUT2D eigenvalue weighted by Gasteiger charge is 2.31. The van der Waals surface area contributed by atoms with Crippen LogP contribution in [0.5, 0.6) is 5.75 Å². The van der Waals surface area contributed by atoms with Gasteiger partial charge in [0.25, 0.3) is 10.0 Å². The van der Waals surface area contributed by atoms with Crippen molar-refractivity contribution in [2.75, 3.05) is 25.1 Å². The molecule has 2 aromatic rings. The molecule has 0 fully saturated rings. The van der Waals surface area contributed by atoms with Crippen LogP contribution >= 0.6 is 23.2 Å². The molecule has 0 amide bonds. The lowest BCUT2D eigenvalue weighted by Gasteiger charge is -2.26. The van der Waals surface area contributed by atoms with E-state index in [0.29, 0.717) is 11.3 Å². The highest BCUT2D eigenvalue weighted by molar-refractivity contribution is 7.93. The van der Waals surface area contributed by atoms with Gasteiger partial charge in [0.05, 0.1) is 24.9 Å². The van der Waals surface area contributed by atoms with E-state index < -0.39 is 22.5 Å². The predicted molar refractivity (Wildman–Crippen MR) is 105 cm³/mol. The number of ether oxygens (including phenoxy) is 2. The smallest absolute Gasteiger partial charge is 0.326 e. The van der Waals surface area contributed by atoms with E-state index in [2.05, 4.69) is 4.74 Å². The van der Waals surface area contributed by atoms with E-state index >= 15 is 0 Å². The van der Waals surface area contributed by atoms with Crippen molar-refractivity contribution in [3.63, 3.8) is 0 Å². The second-order valence-electron chi connectivity index (χ2n) is 5.77. The molecule has 0 spiro atoms. The van der Waals surface area contributed by atoms with Crippen molar-refractivity contribution in [2.45, 2.75) is 18.7 Å². The third-order valence-electron chi connectivity index (χ3n) is 3.92. The summed E-state index contributed by atoms with van der Waals surface area (Å²) in [6, 6.07) is 7.89. The fraction of sp³-hybridized carbons (Fsp3) is 0.278. The number of methoxy groups -OCH3 is 2. The number of aryl methyl sites for hydroxylation is 2. The van der Waals surface area contributed by atoms with Crippen LogP contribution in [0.2, 0.25) is 10.0 Å². The minimum atomic E-state index is -4.21.